The third kappa shape index (κ3) is 5.23. The van der Waals surface area contributed by atoms with Crippen molar-refractivity contribution in [3.63, 3.8) is 0 Å². The quantitative estimate of drug-likeness (QED) is 0.581. The lowest BCUT2D eigenvalue weighted by molar-refractivity contribution is -0.135. The van der Waals surface area contributed by atoms with Crippen molar-refractivity contribution in [3.05, 3.63) is 34.3 Å². The first kappa shape index (κ1) is 20.1. The molecule has 0 bridgehead atoms. The van der Waals surface area contributed by atoms with Crippen LogP contribution in [0.2, 0.25) is 0 Å². The fourth-order valence-electron chi connectivity index (χ4n) is 3.79. The van der Waals surface area contributed by atoms with Crippen LogP contribution in [-0.4, -0.2) is 78.9 Å². The van der Waals surface area contributed by atoms with Crippen molar-refractivity contribution < 1.29 is 4.79 Å². The van der Waals surface area contributed by atoms with Crippen molar-refractivity contribution in [2.75, 3.05) is 46.3 Å². The molecule has 1 amide bonds. The molecule has 0 aromatic heterocycles. The molecule has 6 nitrogen and oxygen atoms in total. The predicted molar refractivity (Wildman–Crippen MR) is 113 cm³/mol. The Morgan fingerprint density at radius 1 is 1.07 bits per heavy atom. The van der Waals surface area contributed by atoms with E-state index in [0.29, 0.717) is 5.91 Å². The SMILES string of the molecule is CN=C(NCc1ccc(Br)cc1)N1CCN(C(C)C(=O)N2CCCC2)CC1. The van der Waals surface area contributed by atoms with Crippen molar-refractivity contribution in [1.29, 1.82) is 0 Å². The largest absolute Gasteiger partial charge is 0.352 e. The van der Waals surface area contributed by atoms with Gasteiger partial charge in [0, 0.05) is 57.3 Å². The Kier molecular flexibility index (Phi) is 7.13. The highest BCUT2D eigenvalue weighted by Gasteiger charge is 2.30. The average Bonchev–Trinajstić information content (AvgIpc) is 3.24. The van der Waals surface area contributed by atoms with Crippen LogP contribution in [0, 0.1) is 0 Å². The molecule has 2 aliphatic rings. The lowest BCUT2D eigenvalue weighted by Crippen LogP contribution is -2.57. The lowest BCUT2D eigenvalue weighted by atomic mass is 10.2. The number of amides is 1. The van der Waals surface area contributed by atoms with Gasteiger partial charge in [-0.3, -0.25) is 14.7 Å². The molecule has 0 radical (unpaired) electrons. The zero-order valence-electron chi connectivity index (χ0n) is 16.3. The van der Waals surface area contributed by atoms with Crippen LogP contribution < -0.4 is 5.32 Å². The standard InChI is InChI=1S/C20H30BrN5O/c1-16(19(27)25-9-3-4-10-25)24-11-13-26(14-12-24)20(22-2)23-15-17-5-7-18(21)8-6-17/h5-8,16H,3-4,9-15H2,1-2H3,(H,22,23). The number of hydrogen-bond acceptors (Lipinski definition) is 3. The van der Waals surface area contributed by atoms with E-state index in [4.69, 9.17) is 0 Å². The Balaban J connectivity index is 1.48. The first-order valence-corrected chi connectivity index (χ1v) is 10.6. The summed E-state index contributed by atoms with van der Waals surface area (Å²) in [6, 6.07) is 8.29. The van der Waals surface area contributed by atoms with Gasteiger partial charge in [-0.15, -0.1) is 0 Å². The molecule has 1 unspecified atom stereocenters. The molecule has 2 fully saturated rings. The monoisotopic (exact) mass is 435 g/mol. The predicted octanol–water partition coefficient (Wildman–Crippen LogP) is 2.15. The Labute approximate surface area is 170 Å². The summed E-state index contributed by atoms with van der Waals surface area (Å²) in [7, 11) is 1.83. The van der Waals surface area contributed by atoms with E-state index in [2.05, 4.69) is 67.2 Å². The first-order chi connectivity index (χ1) is 13.1. The molecule has 1 atom stereocenters. The van der Waals surface area contributed by atoms with E-state index in [9.17, 15) is 4.79 Å². The molecule has 27 heavy (non-hydrogen) atoms. The van der Waals surface area contributed by atoms with E-state index < -0.39 is 0 Å². The number of rotatable bonds is 4. The van der Waals surface area contributed by atoms with E-state index in [1.807, 2.05) is 11.9 Å². The normalized spacial score (nSPS) is 20.0. The number of likely N-dealkylation sites (tertiary alicyclic amines) is 1. The summed E-state index contributed by atoms with van der Waals surface area (Å²) in [6.07, 6.45) is 2.29. The molecular formula is C20H30BrN5O. The minimum Gasteiger partial charge on any atom is -0.352 e. The first-order valence-electron chi connectivity index (χ1n) is 9.81. The third-order valence-electron chi connectivity index (χ3n) is 5.51. The van der Waals surface area contributed by atoms with Gasteiger partial charge in [0.1, 0.15) is 0 Å². The number of carbonyl (C=O) groups excluding carboxylic acids is 1. The van der Waals surface area contributed by atoms with Crippen molar-refractivity contribution in [2.24, 2.45) is 4.99 Å². The minimum atomic E-state index is -0.0250. The van der Waals surface area contributed by atoms with Gasteiger partial charge in [-0.25, -0.2) is 0 Å². The van der Waals surface area contributed by atoms with Crippen LogP contribution in [0.5, 0.6) is 0 Å². The number of nitrogens with one attached hydrogen (secondary N) is 1. The molecule has 3 rings (SSSR count). The number of benzene rings is 1. The summed E-state index contributed by atoms with van der Waals surface area (Å²) < 4.78 is 1.09. The van der Waals surface area contributed by atoms with Crippen LogP contribution in [-0.2, 0) is 11.3 Å². The van der Waals surface area contributed by atoms with E-state index in [-0.39, 0.29) is 6.04 Å². The third-order valence-corrected chi connectivity index (χ3v) is 6.04. The van der Waals surface area contributed by atoms with Crippen molar-refractivity contribution in [1.82, 2.24) is 20.0 Å². The van der Waals surface area contributed by atoms with Crippen LogP contribution in [0.25, 0.3) is 0 Å². The summed E-state index contributed by atoms with van der Waals surface area (Å²) in [5, 5.41) is 3.45. The average molecular weight is 436 g/mol. The zero-order valence-corrected chi connectivity index (χ0v) is 17.9. The highest BCUT2D eigenvalue weighted by atomic mass is 79.9. The van der Waals surface area contributed by atoms with Crippen LogP contribution in [0.1, 0.15) is 25.3 Å². The molecule has 0 aliphatic carbocycles. The van der Waals surface area contributed by atoms with E-state index in [0.717, 1.165) is 69.1 Å². The van der Waals surface area contributed by atoms with E-state index in [1.54, 1.807) is 0 Å². The smallest absolute Gasteiger partial charge is 0.239 e. The Morgan fingerprint density at radius 3 is 2.30 bits per heavy atom. The van der Waals surface area contributed by atoms with Gasteiger partial charge < -0.3 is 15.1 Å². The second kappa shape index (κ2) is 9.55. The summed E-state index contributed by atoms with van der Waals surface area (Å²) in [6.45, 7) is 8.21. The van der Waals surface area contributed by atoms with Gasteiger partial charge in [-0.2, -0.15) is 0 Å². The lowest BCUT2D eigenvalue weighted by Gasteiger charge is -2.39. The number of aliphatic imine (C=N–C) groups is 1. The number of halogens is 1. The highest BCUT2D eigenvalue weighted by molar-refractivity contribution is 9.10. The Hall–Kier alpha value is -1.60. The molecule has 2 aliphatic heterocycles. The number of carbonyl (C=O) groups is 1. The van der Waals surface area contributed by atoms with Crippen LogP contribution in [0.4, 0.5) is 0 Å². The topological polar surface area (TPSA) is 51.2 Å². The molecular weight excluding hydrogens is 406 g/mol. The fourth-order valence-corrected chi connectivity index (χ4v) is 4.06. The number of piperazine rings is 1. The van der Waals surface area contributed by atoms with Crippen LogP contribution in [0.3, 0.4) is 0 Å². The van der Waals surface area contributed by atoms with Gasteiger partial charge >= 0.3 is 0 Å². The molecule has 2 saturated heterocycles. The summed E-state index contributed by atoms with van der Waals surface area (Å²) in [4.78, 5) is 23.7. The summed E-state index contributed by atoms with van der Waals surface area (Å²) in [5.41, 5.74) is 1.22. The molecule has 0 saturated carbocycles. The van der Waals surface area contributed by atoms with Gasteiger partial charge in [-0.05, 0) is 37.5 Å². The van der Waals surface area contributed by atoms with Crippen LogP contribution in [0.15, 0.2) is 33.7 Å². The molecule has 1 N–H and O–H groups in total. The van der Waals surface area contributed by atoms with Gasteiger partial charge in [0.15, 0.2) is 5.96 Å². The second-order valence-electron chi connectivity index (χ2n) is 7.26. The molecule has 7 heteroatoms. The van der Waals surface area contributed by atoms with Gasteiger partial charge in [0.2, 0.25) is 5.91 Å². The number of nitrogens with zero attached hydrogens (tertiary/aromatic N) is 4. The van der Waals surface area contributed by atoms with Crippen molar-refractivity contribution >= 4 is 27.8 Å². The van der Waals surface area contributed by atoms with E-state index >= 15 is 0 Å². The van der Waals surface area contributed by atoms with Crippen LogP contribution >= 0.6 is 15.9 Å². The Bertz CT molecular complexity index is 649. The zero-order chi connectivity index (χ0) is 19.2. The summed E-state index contributed by atoms with van der Waals surface area (Å²) in [5.74, 6) is 1.22. The fraction of sp³-hybridized carbons (Fsp3) is 0.600. The molecule has 148 valence electrons. The minimum absolute atomic E-state index is 0.0250. The van der Waals surface area contributed by atoms with E-state index in [1.165, 1.54) is 5.56 Å². The van der Waals surface area contributed by atoms with Gasteiger partial charge in [-0.1, -0.05) is 28.1 Å². The Morgan fingerprint density at radius 2 is 1.70 bits per heavy atom. The number of hydrogen-bond donors (Lipinski definition) is 1. The van der Waals surface area contributed by atoms with Crippen molar-refractivity contribution in [3.8, 4) is 0 Å². The maximum atomic E-state index is 12.6. The van der Waals surface area contributed by atoms with Gasteiger partial charge in [0.25, 0.3) is 0 Å². The molecule has 1 aromatic carbocycles. The molecule has 2 heterocycles. The number of guanidine groups is 1. The van der Waals surface area contributed by atoms with Gasteiger partial charge in [0.05, 0.1) is 6.04 Å². The molecule has 0 spiro atoms. The highest BCUT2D eigenvalue weighted by Crippen LogP contribution is 2.14. The van der Waals surface area contributed by atoms with Crippen molar-refractivity contribution in [2.45, 2.75) is 32.4 Å². The second-order valence-corrected chi connectivity index (χ2v) is 8.17. The molecule has 1 aromatic rings. The maximum absolute atomic E-state index is 12.6. The summed E-state index contributed by atoms with van der Waals surface area (Å²) >= 11 is 3.47. The maximum Gasteiger partial charge on any atom is 0.239 e.